The number of carboxylic acids is 1. The molecule has 0 heterocycles. The van der Waals surface area contributed by atoms with E-state index < -0.39 is 17.4 Å². The quantitative estimate of drug-likeness (QED) is 0.597. The lowest BCUT2D eigenvalue weighted by Crippen LogP contribution is -2.49. The van der Waals surface area contributed by atoms with Crippen LogP contribution in [0, 0.1) is 11.3 Å². The first-order valence-electron chi connectivity index (χ1n) is 9.34. The summed E-state index contributed by atoms with van der Waals surface area (Å²) in [6.45, 7) is 2.15. The molecule has 0 aromatic carbocycles. The molecular formula is C18H30N2O5. The molecule has 7 nitrogen and oxygen atoms in total. The Morgan fingerprint density at radius 3 is 2.52 bits per heavy atom. The van der Waals surface area contributed by atoms with E-state index in [1.807, 2.05) is 0 Å². The van der Waals surface area contributed by atoms with Gasteiger partial charge >= 0.3 is 11.9 Å². The minimum absolute atomic E-state index is 0.0609. The van der Waals surface area contributed by atoms with Crippen LogP contribution in [0.5, 0.6) is 0 Å². The smallest absolute Gasteiger partial charge is 0.320 e. The molecule has 0 radical (unpaired) electrons. The molecule has 2 rings (SSSR count). The molecular weight excluding hydrogens is 324 g/mol. The van der Waals surface area contributed by atoms with Crippen LogP contribution < -0.4 is 11.1 Å². The maximum atomic E-state index is 12.9. The zero-order chi connectivity index (χ0) is 18.4. The minimum atomic E-state index is -1.07. The highest BCUT2D eigenvalue weighted by Gasteiger charge is 2.44. The third kappa shape index (κ3) is 4.93. The van der Waals surface area contributed by atoms with Crippen LogP contribution in [0.3, 0.4) is 0 Å². The van der Waals surface area contributed by atoms with Gasteiger partial charge in [0.2, 0.25) is 5.91 Å². The second kappa shape index (κ2) is 8.65. The number of carboxylic acid groups (broad SMARTS) is 1. The lowest BCUT2D eigenvalue weighted by atomic mass is 9.78. The SMILES string of the molecule is CCOC(=O)C1CCCC(NC(=O)C2(CC(N)C(=O)O)CCCC2)C1. The van der Waals surface area contributed by atoms with Crippen molar-refractivity contribution in [1.29, 1.82) is 0 Å². The van der Waals surface area contributed by atoms with Crippen LogP contribution in [-0.4, -0.2) is 41.6 Å². The summed E-state index contributed by atoms with van der Waals surface area (Å²) < 4.78 is 5.10. The van der Waals surface area contributed by atoms with E-state index in [0.29, 0.717) is 25.9 Å². The second-order valence-corrected chi connectivity index (χ2v) is 7.42. The molecule has 0 aliphatic heterocycles. The van der Waals surface area contributed by atoms with Crippen LogP contribution in [0.4, 0.5) is 0 Å². The van der Waals surface area contributed by atoms with Crippen molar-refractivity contribution in [3.8, 4) is 0 Å². The molecule has 4 N–H and O–H groups in total. The van der Waals surface area contributed by atoms with Gasteiger partial charge in [-0.15, -0.1) is 0 Å². The summed E-state index contributed by atoms with van der Waals surface area (Å²) in [6, 6.07) is -1.09. The number of rotatable bonds is 7. The molecule has 3 unspecified atom stereocenters. The van der Waals surface area contributed by atoms with Gasteiger partial charge in [-0.25, -0.2) is 0 Å². The molecule has 0 aromatic rings. The van der Waals surface area contributed by atoms with Gasteiger partial charge < -0.3 is 20.9 Å². The molecule has 2 aliphatic carbocycles. The standard InChI is InChI=1S/C18H30N2O5/c1-2-25-16(23)12-6-5-7-13(10-12)20-17(24)18(8-3-4-9-18)11-14(19)15(21)22/h12-14H,2-11,19H2,1H3,(H,20,24)(H,21,22). The van der Waals surface area contributed by atoms with Gasteiger partial charge in [-0.05, 0) is 45.4 Å². The summed E-state index contributed by atoms with van der Waals surface area (Å²) in [4.78, 5) is 36.0. The molecule has 142 valence electrons. The highest BCUT2D eigenvalue weighted by atomic mass is 16.5. The highest BCUT2D eigenvalue weighted by molar-refractivity contribution is 5.84. The Hall–Kier alpha value is -1.63. The normalized spacial score (nSPS) is 26.6. The number of hydrogen-bond donors (Lipinski definition) is 3. The first kappa shape index (κ1) is 19.7. The number of esters is 1. The number of carbonyl (C=O) groups excluding carboxylic acids is 2. The molecule has 0 aromatic heterocycles. The summed E-state index contributed by atoms with van der Waals surface area (Å²) in [5, 5.41) is 12.2. The maximum Gasteiger partial charge on any atom is 0.320 e. The molecule has 3 atom stereocenters. The molecule has 7 heteroatoms. The average molecular weight is 354 g/mol. The molecule has 1 amide bonds. The zero-order valence-corrected chi connectivity index (χ0v) is 15.0. The Morgan fingerprint density at radius 2 is 1.92 bits per heavy atom. The van der Waals surface area contributed by atoms with E-state index in [9.17, 15) is 14.4 Å². The van der Waals surface area contributed by atoms with E-state index in [-0.39, 0.29) is 30.3 Å². The number of nitrogens with two attached hydrogens (primary N) is 1. The number of hydrogen-bond acceptors (Lipinski definition) is 5. The first-order valence-corrected chi connectivity index (χ1v) is 9.34. The number of ether oxygens (including phenoxy) is 1. The van der Waals surface area contributed by atoms with E-state index in [4.69, 9.17) is 15.6 Å². The van der Waals surface area contributed by atoms with E-state index in [1.54, 1.807) is 6.92 Å². The Bertz CT molecular complexity index is 502. The van der Waals surface area contributed by atoms with Crippen LogP contribution in [0.1, 0.15) is 64.7 Å². The van der Waals surface area contributed by atoms with Crippen LogP contribution >= 0.6 is 0 Å². The van der Waals surface area contributed by atoms with E-state index in [0.717, 1.165) is 32.1 Å². The number of nitrogens with one attached hydrogen (secondary N) is 1. The topological polar surface area (TPSA) is 119 Å². The lowest BCUT2D eigenvalue weighted by Gasteiger charge is -2.34. The predicted molar refractivity (Wildman–Crippen MR) is 91.7 cm³/mol. The van der Waals surface area contributed by atoms with Crippen LogP contribution in [0.2, 0.25) is 0 Å². The summed E-state index contributed by atoms with van der Waals surface area (Å²) in [5.41, 5.74) is 5.02. The van der Waals surface area contributed by atoms with Crippen molar-refractivity contribution in [3.05, 3.63) is 0 Å². The van der Waals surface area contributed by atoms with Gasteiger partial charge in [-0.1, -0.05) is 19.3 Å². The molecule has 2 aliphatic rings. The number of carbonyl (C=O) groups is 3. The highest BCUT2D eigenvalue weighted by Crippen LogP contribution is 2.42. The maximum absolute atomic E-state index is 12.9. The van der Waals surface area contributed by atoms with Gasteiger partial charge in [0.15, 0.2) is 0 Å². The van der Waals surface area contributed by atoms with Crippen molar-refractivity contribution < 1.29 is 24.2 Å². The van der Waals surface area contributed by atoms with Crippen molar-refractivity contribution in [2.24, 2.45) is 17.1 Å². The molecule has 0 spiro atoms. The van der Waals surface area contributed by atoms with Gasteiger partial charge in [0.05, 0.1) is 17.9 Å². The zero-order valence-electron chi connectivity index (χ0n) is 15.0. The fourth-order valence-corrected chi connectivity index (χ4v) is 4.22. The Balaban J connectivity index is 1.98. The Labute approximate surface area is 148 Å². The third-order valence-corrected chi connectivity index (χ3v) is 5.60. The van der Waals surface area contributed by atoms with Gasteiger partial charge in [-0.3, -0.25) is 14.4 Å². The minimum Gasteiger partial charge on any atom is -0.480 e. The van der Waals surface area contributed by atoms with E-state index in [1.165, 1.54) is 0 Å². The molecule has 0 saturated heterocycles. The number of amides is 1. The van der Waals surface area contributed by atoms with Crippen LogP contribution in [0.15, 0.2) is 0 Å². The van der Waals surface area contributed by atoms with Crippen molar-refractivity contribution in [2.45, 2.75) is 76.8 Å². The van der Waals surface area contributed by atoms with Crippen LogP contribution in [0.25, 0.3) is 0 Å². The fraction of sp³-hybridized carbons (Fsp3) is 0.833. The fourth-order valence-electron chi connectivity index (χ4n) is 4.22. The Kier molecular flexibility index (Phi) is 6.81. The molecule has 0 bridgehead atoms. The summed E-state index contributed by atoms with van der Waals surface area (Å²) in [5.74, 6) is -1.53. The largest absolute Gasteiger partial charge is 0.480 e. The third-order valence-electron chi connectivity index (χ3n) is 5.60. The van der Waals surface area contributed by atoms with Crippen molar-refractivity contribution >= 4 is 17.8 Å². The van der Waals surface area contributed by atoms with E-state index in [2.05, 4.69) is 5.32 Å². The van der Waals surface area contributed by atoms with Crippen molar-refractivity contribution in [3.63, 3.8) is 0 Å². The van der Waals surface area contributed by atoms with Crippen LogP contribution in [-0.2, 0) is 19.1 Å². The van der Waals surface area contributed by atoms with Gasteiger partial charge in [0.25, 0.3) is 0 Å². The van der Waals surface area contributed by atoms with Gasteiger partial charge in [0, 0.05) is 6.04 Å². The Morgan fingerprint density at radius 1 is 1.24 bits per heavy atom. The molecule has 25 heavy (non-hydrogen) atoms. The van der Waals surface area contributed by atoms with Gasteiger partial charge in [0.1, 0.15) is 6.04 Å². The molecule has 2 fully saturated rings. The summed E-state index contributed by atoms with van der Waals surface area (Å²) >= 11 is 0. The average Bonchev–Trinajstić information content (AvgIpc) is 3.05. The lowest BCUT2D eigenvalue weighted by molar-refractivity contribution is -0.150. The second-order valence-electron chi connectivity index (χ2n) is 7.42. The summed E-state index contributed by atoms with van der Waals surface area (Å²) in [7, 11) is 0. The summed E-state index contributed by atoms with van der Waals surface area (Å²) in [6.07, 6.45) is 6.43. The number of aliphatic carboxylic acids is 1. The van der Waals surface area contributed by atoms with Crippen molar-refractivity contribution in [2.75, 3.05) is 6.61 Å². The molecule has 2 saturated carbocycles. The monoisotopic (exact) mass is 354 g/mol. The van der Waals surface area contributed by atoms with Crippen molar-refractivity contribution in [1.82, 2.24) is 5.32 Å². The predicted octanol–water partition coefficient (Wildman–Crippen LogP) is 1.59. The van der Waals surface area contributed by atoms with Gasteiger partial charge in [-0.2, -0.15) is 0 Å². The first-order chi connectivity index (χ1) is 11.9. The van der Waals surface area contributed by atoms with E-state index >= 15 is 0 Å².